The van der Waals surface area contributed by atoms with Crippen LogP contribution in [0, 0.1) is 0 Å². The normalized spacial score (nSPS) is 20.1. The number of ether oxygens (including phenoxy) is 1. The summed E-state index contributed by atoms with van der Waals surface area (Å²) in [6.45, 7) is 2.26. The first-order valence-electron chi connectivity index (χ1n) is 6.79. The monoisotopic (exact) mass is 262 g/mol. The van der Waals surface area contributed by atoms with Crippen molar-refractivity contribution in [1.29, 1.82) is 0 Å². The number of nitrogens with zero attached hydrogens (tertiary/aromatic N) is 2. The van der Waals surface area contributed by atoms with E-state index in [1.54, 1.807) is 7.11 Å². The standard InChI is InChI=1S/C15H22N2O2/c1-16(11-12-19-2)14-9-6-10-17(15(14)18)13-7-4-3-5-8-13/h3-5,7-8,14H,6,9-12H2,1-2H3. The summed E-state index contributed by atoms with van der Waals surface area (Å²) in [6.07, 6.45) is 1.98. The minimum atomic E-state index is -0.0240. The molecular formula is C15H22N2O2. The van der Waals surface area contributed by atoms with Gasteiger partial charge in [0.25, 0.3) is 0 Å². The fourth-order valence-electron chi connectivity index (χ4n) is 2.52. The molecule has 0 spiro atoms. The topological polar surface area (TPSA) is 32.8 Å². The summed E-state index contributed by atoms with van der Waals surface area (Å²) in [5, 5.41) is 0. The van der Waals surface area contributed by atoms with Crippen LogP contribution in [0.15, 0.2) is 30.3 Å². The molecule has 1 atom stereocenters. The fourth-order valence-corrected chi connectivity index (χ4v) is 2.52. The molecular weight excluding hydrogens is 240 g/mol. The third-order valence-electron chi connectivity index (χ3n) is 3.66. The second-order valence-corrected chi connectivity index (χ2v) is 4.96. The number of hydrogen-bond acceptors (Lipinski definition) is 3. The lowest BCUT2D eigenvalue weighted by atomic mass is 10.0. The molecule has 4 nitrogen and oxygen atoms in total. The van der Waals surface area contributed by atoms with Crippen LogP contribution in [0.5, 0.6) is 0 Å². The maximum atomic E-state index is 12.6. The number of carbonyl (C=O) groups is 1. The Kier molecular flexibility index (Phi) is 4.93. The highest BCUT2D eigenvalue weighted by atomic mass is 16.5. The molecule has 1 aromatic rings. The molecule has 0 N–H and O–H groups in total. The minimum absolute atomic E-state index is 0.0240. The van der Waals surface area contributed by atoms with E-state index >= 15 is 0 Å². The first-order chi connectivity index (χ1) is 9.24. The summed E-state index contributed by atoms with van der Waals surface area (Å²) >= 11 is 0. The van der Waals surface area contributed by atoms with Gasteiger partial charge in [-0.05, 0) is 32.0 Å². The number of benzene rings is 1. The summed E-state index contributed by atoms with van der Waals surface area (Å²) in [5.41, 5.74) is 0.998. The van der Waals surface area contributed by atoms with Gasteiger partial charge in [0, 0.05) is 25.9 Å². The number of para-hydroxylation sites is 1. The van der Waals surface area contributed by atoms with E-state index in [4.69, 9.17) is 4.74 Å². The number of hydrogen-bond donors (Lipinski definition) is 0. The highest BCUT2D eigenvalue weighted by Gasteiger charge is 2.31. The Morgan fingerprint density at radius 2 is 2.11 bits per heavy atom. The van der Waals surface area contributed by atoms with Crippen molar-refractivity contribution in [3.05, 3.63) is 30.3 Å². The molecule has 0 radical (unpaired) electrons. The molecule has 1 aliphatic heterocycles. The van der Waals surface area contributed by atoms with Crippen LogP contribution in [0.2, 0.25) is 0 Å². The average molecular weight is 262 g/mol. The Morgan fingerprint density at radius 3 is 2.79 bits per heavy atom. The van der Waals surface area contributed by atoms with E-state index < -0.39 is 0 Å². The molecule has 0 bridgehead atoms. The van der Waals surface area contributed by atoms with Crippen LogP contribution < -0.4 is 4.90 Å². The number of anilines is 1. The van der Waals surface area contributed by atoms with Gasteiger partial charge in [-0.3, -0.25) is 9.69 Å². The van der Waals surface area contributed by atoms with Gasteiger partial charge in [-0.2, -0.15) is 0 Å². The number of rotatable bonds is 5. The van der Waals surface area contributed by atoms with Crippen molar-refractivity contribution < 1.29 is 9.53 Å². The van der Waals surface area contributed by atoms with Crippen LogP contribution in [0.25, 0.3) is 0 Å². The molecule has 0 saturated carbocycles. The number of amides is 1. The van der Waals surface area contributed by atoms with E-state index in [0.717, 1.165) is 31.6 Å². The molecule has 1 saturated heterocycles. The Labute approximate surface area is 115 Å². The quantitative estimate of drug-likeness (QED) is 0.810. The van der Waals surface area contributed by atoms with E-state index in [1.165, 1.54) is 0 Å². The third-order valence-corrected chi connectivity index (χ3v) is 3.66. The van der Waals surface area contributed by atoms with Crippen LogP contribution >= 0.6 is 0 Å². The Morgan fingerprint density at radius 1 is 1.37 bits per heavy atom. The molecule has 1 aliphatic rings. The van der Waals surface area contributed by atoms with E-state index in [2.05, 4.69) is 4.90 Å². The first-order valence-corrected chi connectivity index (χ1v) is 6.79. The van der Waals surface area contributed by atoms with Crippen molar-refractivity contribution in [2.45, 2.75) is 18.9 Å². The van der Waals surface area contributed by atoms with Gasteiger partial charge in [-0.15, -0.1) is 0 Å². The SMILES string of the molecule is COCCN(C)C1CCCN(c2ccccc2)C1=O. The summed E-state index contributed by atoms with van der Waals surface area (Å²) in [5.74, 6) is 0.205. The Hall–Kier alpha value is -1.39. The molecule has 1 aromatic carbocycles. The van der Waals surface area contributed by atoms with Crippen LogP contribution in [0.4, 0.5) is 5.69 Å². The van der Waals surface area contributed by atoms with Crippen molar-refractivity contribution in [3.63, 3.8) is 0 Å². The summed E-state index contributed by atoms with van der Waals surface area (Å²) in [7, 11) is 3.68. The molecule has 1 amide bonds. The molecule has 19 heavy (non-hydrogen) atoms. The molecule has 4 heteroatoms. The zero-order valence-electron chi connectivity index (χ0n) is 11.7. The van der Waals surface area contributed by atoms with Crippen molar-refractivity contribution in [3.8, 4) is 0 Å². The van der Waals surface area contributed by atoms with E-state index in [-0.39, 0.29) is 11.9 Å². The third kappa shape index (κ3) is 3.33. The largest absolute Gasteiger partial charge is 0.383 e. The van der Waals surface area contributed by atoms with Gasteiger partial charge in [0.1, 0.15) is 0 Å². The summed E-state index contributed by atoms with van der Waals surface area (Å²) < 4.78 is 5.08. The van der Waals surface area contributed by atoms with Gasteiger partial charge in [-0.1, -0.05) is 18.2 Å². The van der Waals surface area contributed by atoms with Gasteiger partial charge >= 0.3 is 0 Å². The highest BCUT2D eigenvalue weighted by molar-refractivity contribution is 5.97. The second-order valence-electron chi connectivity index (χ2n) is 4.96. The van der Waals surface area contributed by atoms with Gasteiger partial charge in [0.2, 0.25) is 5.91 Å². The average Bonchev–Trinajstić information content (AvgIpc) is 2.46. The zero-order valence-corrected chi connectivity index (χ0v) is 11.7. The van der Waals surface area contributed by atoms with Crippen LogP contribution in [0.3, 0.4) is 0 Å². The number of carbonyl (C=O) groups excluding carboxylic acids is 1. The number of likely N-dealkylation sites (N-methyl/N-ethyl adjacent to an activating group) is 1. The molecule has 104 valence electrons. The lowest BCUT2D eigenvalue weighted by Crippen LogP contribution is -2.52. The molecule has 1 fully saturated rings. The van der Waals surface area contributed by atoms with E-state index in [0.29, 0.717) is 6.61 Å². The van der Waals surface area contributed by atoms with Gasteiger partial charge in [0.05, 0.1) is 12.6 Å². The van der Waals surface area contributed by atoms with Crippen LogP contribution in [-0.4, -0.2) is 50.7 Å². The minimum Gasteiger partial charge on any atom is -0.383 e. The van der Waals surface area contributed by atoms with Crippen LogP contribution in [0.1, 0.15) is 12.8 Å². The number of methoxy groups -OCH3 is 1. The maximum Gasteiger partial charge on any atom is 0.244 e. The molecule has 0 aliphatic carbocycles. The molecule has 2 rings (SSSR count). The predicted octanol–water partition coefficient (Wildman–Crippen LogP) is 1.76. The van der Waals surface area contributed by atoms with Crippen molar-refractivity contribution in [1.82, 2.24) is 4.90 Å². The smallest absolute Gasteiger partial charge is 0.244 e. The zero-order chi connectivity index (χ0) is 13.7. The number of piperidine rings is 1. The second kappa shape index (κ2) is 6.68. The van der Waals surface area contributed by atoms with Crippen molar-refractivity contribution in [2.24, 2.45) is 0 Å². The summed E-state index contributed by atoms with van der Waals surface area (Å²) in [4.78, 5) is 16.6. The molecule has 0 aromatic heterocycles. The summed E-state index contributed by atoms with van der Waals surface area (Å²) in [6, 6.07) is 9.89. The Bertz CT molecular complexity index is 408. The van der Waals surface area contributed by atoms with Gasteiger partial charge in [0.15, 0.2) is 0 Å². The molecule has 1 unspecified atom stereocenters. The lowest BCUT2D eigenvalue weighted by molar-refractivity contribution is -0.125. The lowest BCUT2D eigenvalue weighted by Gasteiger charge is -2.36. The van der Waals surface area contributed by atoms with Gasteiger partial charge < -0.3 is 9.64 Å². The van der Waals surface area contributed by atoms with Crippen molar-refractivity contribution in [2.75, 3.05) is 38.8 Å². The Balaban J connectivity index is 2.06. The van der Waals surface area contributed by atoms with Gasteiger partial charge in [-0.25, -0.2) is 0 Å². The highest BCUT2D eigenvalue weighted by Crippen LogP contribution is 2.22. The first kappa shape index (κ1) is 14.0. The van der Waals surface area contributed by atoms with E-state index in [9.17, 15) is 4.79 Å². The molecule has 1 heterocycles. The van der Waals surface area contributed by atoms with Crippen molar-refractivity contribution >= 4 is 11.6 Å². The van der Waals surface area contributed by atoms with E-state index in [1.807, 2.05) is 42.3 Å². The fraction of sp³-hybridized carbons (Fsp3) is 0.533. The predicted molar refractivity (Wildman–Crippen MR) is 76.3 cm³/mol. The van der Waals surface area contributed by atoms with Crippen LogP contribution in [-0.2, 0) is 9.53 Å². The maximum absolute atomic E-state index is 12.6.